The largest absolute Gasteiger partial charge is 0.422 e. The Hall–Kier alpha value is -2.03. The van der Waals surface area contributed by atoms with Crippen LogP contribution in [0.5, 0.6) is 11.6 Å². The summed E-state index contributed by atoms with van der Waals surface area (Å²) in [6.07, 6.45) is 1.84. The predicted molar refractivity (Wildman–Crippen MR) is 74.5 cm³/mol. The van der Waals surface area contributed by atoms with E-state index in [-0.39, 0.29) is 0 Å². The maximum atomic E-state index is 6.02. The minimum atomic E-state index is 0.594. The van der Waals surface area contributed by atoms with E-state index in [2.05, 4.69) is 32.9 Å². The van der Waals surface area contributed by atoms with Crippen molar-refractivity contribution in [2.75, 3.05) is 6.61 Å². The molecule has 1 aromatic carbocycles. The molecule has 0 aliphatic rings. The van der Waals surface area contributed by atoms with Crippen LogP contribution in [-0.4, -0.2) is 6.61 Å². The summed E-state index contributed by atoms with van der Waals surface area (Å²) in [5, 5.41) is 0. The molecule has 0 amide bonds. The van der Waals surface area contributed by atoms with Gasteiger partial charge >= 0.3 is 5.88 Å². The Morgan fingerprint density at radius 3 is 2.37 bits per heavy atom. The second-order valence-corrected chi connectivity index (χ2v) is 4.61. The lowest BCUT2D eigenvalue weighted by Gasteiger charge is -2.10. The molecular weight excluding hydrogens is 238 g/mol. The van der Waals surface area contributed by atoms with Crippen LogP contribution in [0.4, 0.5) is 0 Å². The number of pyridine rings is 1. The van der Waals surface area contributed by atoms with Crippen molar-refractivity contribution in [2.24, 2.45) is 0 Å². The van der Waals surface area contributed by atoms with E-state index in [4.69, 9.17) is 9.57 Å². The van der Waals surface area contributed by atoms with Gasteiger partial charge in [0, 0.05) is 10.8 Å². The highest BCUT2D eigenvalue weighted by Gasteiger charge is 2.16. The molecule has 2 rings (SSSR count). The van der Waals surface area contributed by atoms with Crippen LogP contribution in [0.15, 0.2) is 36.5 Å². The van der Waals surface area contributed by atoms with Crippen LogP contribution in [0.1, 0.15) is 23.6 Å². The number of rotatable bonds is 4. The number of aryl methyl sites for hydroxylation is 3. The van der Waals surface area contributed by atoms with Gasteiger partial charge in [0.15, 0.2) is 6.61 Å². The van der Waals surface area contributed by atoms with E-state index in [1.165, 1.54) is 5.56 Å². The van der Waals surface area contributed by atoms with Crippen molar-refractivity contribution in [2.45, 2.75) is 27.7 Å². The first-order valence-electron chi connectivity index (χ1n) is 6.51. The van der Waals surface area contributed by atoms with Gasteiger partial charge in [0.05, 0.1) is 6.07 Å². The van der Waals surface area contributed by atoms with Crippen molar-refractivity contribution in [1.82, 2.24) is 0 Å². The van der Waals surface area contributed by atoms with Crippen LogP contribution >= 0.6 is 0 Å². The second kappa shape index (κ2) is 5.74. The zero-order valence-electron chi connectivity index (χ0n) is 11.9. The molecule has 0 N–H and O–H groups in total. The lowest BCUT2D eigenvalue weighted by Crippen LogP contribution is -2.43. The second-order valence-electron chi connectivity index (χ2n) is 4.61. The third kappa shape index (κ3) is 3.05. The number of hydrogen-bond donors (Lipinski definition) is 0. The van der Waals surface area contributed by atoms with Gasteiger partial charge in [0.2, 0.25) is 6.20 Å². The topological polar surface area (TPSA) is 22.3 Å². The number of hydrogen-bond acceptors (Lipinski definition) is 2. The van der Waals surface area contributed by atoms with Gasteiger partial charge in [-0.25, -0.2) is 0 Å². The normalized spacial score (nSPS) is 10.3. The van der Waals surface area contributed by atoms with Gasteiger partial charge in [0.25, 0.3) is 0 Å². The van der Waals surface area contributed by atoms with Gasteiger partial charge in [-0.1, -0.05) is 17.7 Å². The summed E-state index contributed by atoms with van der Waals surface area (Å²) in [4.78, 5) is 5.50. The van der Waals surface area contributed by atoms with Gasteiger partial charge in [-0.3, -0.25) is 4.84 Å². The van der Waals surface area contributed by atoms with E-state index >= 15 is 0 Å². The van der Waals surface area contributed by atoms with Crippen LogP contribution in [0, 0.1) is 20.8 Å². The number of nitrogens with zero attached hydrogens (tertiary/aromatic N) is 1. The molecule has 2 aromatic rings. The van der Waals surface area contributed by atoms with Gasteiger partial charge in [-0.2, -0.15) is 0 Å². The molecule has 0 spiro atoms. The smallest absolute Gasteiger partial charge is 0.401 e. The fourth-order valence-corrected chi connectivity index (χ4v) is 2.17. The first kappa shape index (κ1) is 13.4. The Morgan fingerprint density at radius 1 is 1.05 bits per heavy atom. The SMILES string of the molecule is CCO[n+]1ccccc1Oc1c(C)cc(C)cc1C. The van der Waals surface area contributed by atoms with Crippen molar-refractivity contribution >= 4 is 0 Å². The summed E-state index contributed by atoms with van der Waals surface area (Å²) in [7, 11) is 0. The molecule has 3 heteroatoms. The fourth-order valence-electron chi connectivity index (χ4n) is 2.17. The monoisotopic (exact) mass is 258 g/mol. The average Bonchev–Trinajstić information content (AvgIpc) is 2.36. The van der Waals surface area contributed by atoms with E-state index in [0.29, 0.717) is 12.5 Å². The highest BCUT2D eigenvalue weighted by atomic mass is 16.7. The first-order chi connectivity index (χ1) is 9.11. The highest BCUT2D eigenvalue weighted by molar-refractivity contribution is 5.44. The van der Waals surface area contributed by atoms with Crippen molar-refractivity contribution in [3.63, 3.8) is 0 Å². The maximum Gasteiger partial charge on any atom is 0.422 e. The molecule has 0 saturated carbocycles. The summed E-state index contributed by atoms with van der Waals surface area (Å²) in [6, 6.07) is 9.99. The maximum absolute atomic E-state index is 6.02. The van der Waals surface area contributed by atoms with Crippen molar-refractivity contribution in [3.05, 3.63) is 53.2 Å². The highest BCUT2D eigenvalue weighted by Crippen LogP contribution is 2.28. The molecule has 100 valence electrons. The molecule has 1 aromatic heterocycles. The zero-order chi connectivity index (χ0) is 13.8. The van der Waals surface area contributed by atoms with E-state index in [9.17, 15) is 0 Å². The molecule has 1 heterocycles. The molecule has 0 saturated heterocycles. The Morgan fingerprint density at radius 2 is 1.74 bits per heavy atom. The first-order valence-corrected chi connectivity index (χ1v) is 6.51. The van der Waals surface area contributed by atoms with Gasteiger partial charge in [-0.05, 0) is 44.9 Å². The van der Waals surface area contributed by atoms with Gasteiger partial charge in [-0.15, -0.1) is 0 Å². The van der Waals surface area contributed by atoms with E-state index < -0.39 is 0 Å². The van der Waals surface area contributed by atoms with Crippen molar-refractivity contribution in [3.8, 4) is 11.6 Å². The van der Waals surface area contributed by atoms with E-state index in [1.54, 1.807) is 4.73 Å². The summed E-state index contributed by atoms with van der Waals surface area (Å²) >= 11 is 0. The zero-order valence-corrected chi connectivity index (χ0v) is 11.9. The Labute approximate surface area is 114 Å². The Kier molecular flexibility index (Phi) is 4.05. The third-order valence-electron chi connectivity index (χ3n) is 2.87. The van der Waals surface area contributed by atoms with Gasteiger partial charge in [0.1, 0.15) is 5.75 Å². The van der Waals surface area contributed by atoms with Crippen LogP contribution in [0.25, 0.3) is 0 Å². The predicted octanol–water partition coefficient (Wildman–Crippen LogP) is 3.14. The van der Waals surface area contributed by atoms with E-state index in [0.717, 1.165) is 16.9 Å². The van der Waals surface area contributed by atoms with Crippen LogP contribution in [0.2, 0.25) is 0 Å². The number of aromatic nitrogens is 1. The summed E-state index contributed by atoms with van der Waals surface area (Å²) in [6.45, 7) is 8.75. The Balaban J connectivity index is 2.36. The van der Waals surface area contributed by atoms with Crippen LogP contribution in [0.3, 0.4) is 0 Å². The lowest BCUT2D eigenvalue weighted by atomic mass is 10.1. The minimum absolute atomic E-state index is 0.594. The molecule has 0 aliphatic carbocycles. The molecule has 0 radical (unpaired) electrons. The molecule has 0 unspecified atom stereocenters. The molecule has 3 nitrogen and oxygen atoms in total. The van der Waals surface area contributed by atoms with Gasteiger partial charge < -0.3 is 4.74 Å². The molecule has 0 aliphatic heterocycles. The van der Waals surface area contributed by atoms with Crippen LogP contribution < -0.4 is 14.3 Å². The number of benzene rings is 1. The Bertz CT molecular complexity index is 556. The molecule has 0 bridgehead atoms. The standard InChI is InChI=1S/C16H20NO2/c1-5-18-17-9-7-6-8-15(17)19-16-13(3)10-12(2)11-14(16)4/h6-11H,5H2,1-4H3/q+1. The minimum Gasteiger partial charge on any atom is -0.401 e. The molecular formula is C16H20NO2+. The van der Waals surface area contributed by atoms with Crippen molar-refractivity contribution < 1.29 is 14.3 Å². The van der Waals surface area contributed by atoms with Crippen molar-refractivity contribution in [1.29, 1.82) is 0 Å². The molecule has 0 fully saturated rings. The molecule has 0 atom stereocenters. The molecule has 19 heavy (non-hydrogen) atoms. The number of ether oxygens (including phenoxy) is 1. The average molecular weight is 258 g/mol. The summed E-state index contributed by atoms with van der Waals surface area (Å²) < 4.78 is 7.67. The quantitative estimate of drug-likeness (QED) is 0.786. The fraction of sp³-hybridized carbons (Fsp3) is 0.312. The lowest BCUT2D eigenvalue weighted by molar-refractivity contribution is -0.892. The van der Waals surface area contributed by atoms with E-state index in [1.807, 2.05) is 31.3 Å². The van der Waals surface area contributed by atoms with Crippen LogP contribution in [-0.2, 0) is 0 Å². The summed E-state index contributed by atoms with van der Waals surface area (Å²) in [5.74, 6) is 1.57. The third-order valence-corrected chi connectivity index (χ3v) is 2.87. The summed E-state index contributed by atoms with van der Waals surface area (Å²) in [5.41, 5.74) is 3.50.